The first-order valence-electron chi connectivity index (χ1n) is 6.61. The molecular formula is C15H15N3O3. The number of rotatable bonds is 3. The summed E-state index contributed by atoms with van der Waals surface area (Å²) < 4.78 is 10.6. The van der Waals surface area contributed by atoms with Gasteiger partial charge in [-0.2, -0.15) is 0 Å². The van der Waals surface area contributed by atoms with Crippen molar-refractivity contribution in [3.63, 3.8) is 0 Å². The van der Waals surface area contributed by atoms with E-state index in [0.29, 0.717) is 23.8 Å². The van der Waals surface area contributed by atoms with Crippen LogP contribution in [0.15, 0.2) is 24.3 Å². The Bertz CT molecular complexity index is 680. The number of hydrogen-bond donors (Lipinski definition) is 1. The summed E-state index contributed by atoms with van der Waals surface area (Å²) in [5, 5.41) is 2.84. The molecule has 1 N–H and O–H groups in total. The predicted molar refractivity (Wildman–Crippen MR) is 75.2 cm³/mol. The second-order valence-corrected chi connectivity index (χ2v) is 4.81. The highest BCUT2D eigenvalue weighted by Gasteiger charge is 2.14. The summed E-state index contributed by atoms with van der Waals surface area (Å²) in [6, 6.07) is 7.26. The summed E-state index contributed by atoms with van der Waals surface area (Å²) in [5.74, 6) is 1.80. The van der Waals surface area contributed by atoms with Crippen molar-refractivity contribution in [1.29, 1.82) is 0 Å². The lowest BCUT2D eigenvalue weighted by atomic mass is 10.2. The van der Waals surface area contributed by atoms with E-state index in [2.05, 4.69) is 15.3 Å². The zero-order valence-electron chi connectivity index (χ0n) is 11.8. The zero-order valence-corrected chi connectivity index (χ0v) is 11.8. The Hall–Kier alpha value is -2.63. The number of fused-ring (bicyclic) bond motifs is 1. The Morgan fingerprint density at radius 1 is 1.19 bits per heavy atom. The lowest BCUT2D eigenvalue weighted by Gasteiger charge is -2.07. The van der Waals surface area contributed by atoms with Gasteiger partial charge in [0.15, 0.2) is 11.5 Å². The van der Waals surface area contributed by atoms with E-state index in [4.69, 9.17) is 9.47 Å². The van der Waals surface area contributed by atoms with Gasteiger partial charge in [-0.25, -0.2) is 9.97 Å². The molecule has 0 radical (unpaired) electrons. The van der Waals surface area contributed by atoms with Gasteiger partial charge in [-0.05, 0) is 37.6 Å². The monoisotopic (exact) mass is 285 g/mol. The van der Waals surface area contributed by atoms with Gasteiger partial charge in [-0.15, -0.1) is 0 Å². The molecular weight excluding hydrogens is 270 g/mol. The summed E-state index contributed by atoms with van der Waals surface area (Å²) in [6.45, 7) is 4.24. The Morgan fingerprint density at radius 3 is 2.81 bits per heavy atom. The maximum atomic E-state index is 12.1. The lowest BCUT2D eigenvalue weighted by Crippen LogP contribution is -2.24. The van der Waals surface area contributed by atoms with Gasteiger partial charge in [0.05, 0.1) is 0 Å². The first-order valence-corrected chi connectivity index (χ1v) is 6.61. The second kappa shape index (κ2) is 5.40. The number of amides is 1. The standard InChI is InChI=1S/C15H15N3O3/c1-9-5-12(18-10(2)17-9)15(19)16-7-11-3-4-13-14(6-11)21-8-20-13/h3-6H,7-8H2,1-2H3,(H,16,19). The fourth-order valence-electron chi connectivity index (χ4n) is 2.16. The first kappa shape index (κ1) is 13.4. The van der Waals surface area contributed by atoms with Crippen molar-refractivity contribution in [3.8, 4) is 11.5 Å². The molecule has 0 aliphatic carbocycles. The third-order valence-corrected chi connectivity index (χ3v) is 3.09. The van der Waals surface area contributed by atoms with Gasteiger partial charge in [0.2, 0.25) is 6.79 Å². The third kappa shape index (κ3) is 2.94. The number of benzene rings is 1. The van der Waals surface area contributed by atoms with Crippen LogP contribution in [0, 0.1) is 13.8 Å². The SMILES string of the molecule is Cc1cc(C(=O)NCc2ccc3c(c2)OCO3)nc(C)n1. The Kier molecular flexibility index (Phi) is 3.43. The molecule has 1 aliphatic heterocycles. The van der Waals surface area contributed by atoms with Gasteiger partial charge in [-0.3, -0.25) is 4.79 Å². The number of aryl methyl sites for hydroxylation is 2. The molecule has 1 aromatic heterocycles. The van der Waals surface area contributed by atoms with Gasteiger partial charge in [0, 0.05) is 12.2 Å². The first-order chi connectivity index (χ1) is 10.1. The summed E-state index contributed by atoms with van der Waals surface area (Å²) in [5.41, 5.74) is 2.09. The molecule has 0 saturated heterocycles. The maximum Gasteiger partial charge on any atom is 0.270 e. The minimum Gasteiger partial charge on any atom is -0.454 e. The summed E-state index contributed by atoms with van der Waals surface area (Å²) in [6.07, 6.45) is 0. The van der Waals surface area contributed by atoms with E-state index >= 15 is 0 Å². The van der Waals surface area contributed by atoms with Crippen molar-refractivity contribution < 1.29 is 14.3 Å². The molecule has 108 valence electrons. The molecule has 21 heavy (non-hydrogen) atoms. The largest absolute Gasteiger partial charge is 0.454 e. The average Bonchev–Trinajstić information content (AvgIpc) is 2.91. The van der Waals surface area contributed by atoms with Gasteiger partial charge in [-0.1, -0.05) is 6.07 Å². The van der Waals surface area contributed by atoms with E-state index in [1.807, 2.05) is 25.1 Å². The normalized spacial score (nSPS) is 12.3. The topological polar surface area (TPSA) is 73.3 Å². The maximum absolute atomic E-state index is 12.1. The minimum atomic E-state index is -0.221. The second-order valence-electron chi connectivity index (χ2n) is 4.81. The van der Waals surface area contributed by atoms with E-state index in [1.54, 1.807) is 13.0 Å². The number of hydrogen-bond acceptors (Lipinski definition) is 5. The van der Waals surface area contributed by atoms with E-state index < -0.39 is 0 Å². The van der Waals surface area contributed by atoms with Crippen molar-refractivity contribution in [1.82, 2.24) is 15.3 Å². The van der Waals surface area contributed by atoms with Crippen LogP contribution in [0.1, 0.15) is 27.6 Å². The quantitative estimate of drug-likeness (QED) is 0.930. The van der Waals surface area contributed by atoms with Crippen LogP contribution in [0.2, 0.25) is 0 Å². The van der Waals surface area contributed by atoms with Crippen molar-refractivity contribution in [2.24, 2.45) is 0 Å². The Balaban J connectivity index is 1.68. The van der Waals surface area contributed by atoms with E-state index in [1.165, 1.54) is 0 Å². The van der Waals surface area contributed by atoms with Crippen molar-refractivity contribution >= 4 is 5.91 Å². The average molecular weight is 285 g/mol. The van der Waals surface area contributed by atoms with Crippen LogP contribution >= 0.6 is 0 Å². The fourth-order valence-corrected chi connectivity index (χ4v) is 2.16. The molecule has 0 spiro atoms. The van der Waals surface area contributed by atoms with Crippen LogP contribution in [0.3, 0.4) is 0 Å². The van der Waals surface area contributed by atoms with Gasteiger partial charge in [0.25, 0.3) is 5.91 Å². The fraction of sp³-hybridized carbons (Fsp3) is 0.267. The number of carbonyl (C=O) groups is 1. The molecule has 1 aliphatic rings. The number of nitrogens with one attached hydrogen (secondary N) is 1. The van der Waals surface area contributed by atoms with Crippen LogP contribution in [0.25, 0.3) is 0 Å². The minimum absolute atomic E-state index is 0.221. The molecule has 6 heteroatoms. The van der Waals surface area contributed by atoms with Crippen LogP contribution in [0.5, 0.6) is 11.5 Å². The van der Waals surface area contributed by atoms with Gasteiger partial charge < -0.3 is 14.8 Å². The van der Waals surface area contributed by atoms with Crippen LogP contribution in [0.4, 0.5) is 0 Å². The molecule has 0 unspecified atom stereocenters. The highest BCUT2D eigenvalue weighted by molar-refractivity contribution is 5.92. The molecule has 6 nitrogen and oxygen atoms in total. The summed E-state index contributed by atoms with van der Waals surface area (Å²) in [7, 11) is 0. The molecule has 0 fully saturated rings. The Morgan fingerprint density at radius 2 is 2.00 bits per heavy atom. The van der Waals surface area contributed by atoms with Gasteiger partial charge in [0.1, 0.15) is 11.5 Å². The van der Waals surface area contributed by atoms with Gasteiger partial charge >= 0.3 is 0 Å². The van der Waals surface area contributed by atoms with E-state index in [0.717, 1.165) is 17.0 Å². The van der Waals surface area contributed by atoms with Crippen molar-refractivity contribution in [2.75, 3.05) is 6.79 Å². The Labute approximate surface area is 122 Å². The molecule has 2 aromatic rings. The number of aromatic nitrogens is 2. The molecule has 2 heterocycles. The number of ether oxygens (including phenoxy) is 2. The van der Waals surface area contributed by atoms with Crippen LogP contribution in [-0.4, -0.2) is 22.7 Å². The van der Waals surface area contributed by atoms with Crippen LogP contribution < -0.4 is 14.8 Å². The molecule has 3 rings (SSSR count). The lowest BCUT2D eigenvalue weighted by molar-refractivity contribution is 0.0945. The van der Waals surface area contributed by atoms with E-state index in [9.17, 15) is 4.79 Å². The molecule has 0 atom stereocenters. The third-order valence-electron chi connectivity index (χ3n) is 3.09. The number of carbonyl (C=O) groups excluding carboxylic acids is 1. The molecule has 1 amide bonds. The number of nitrogens with zero attached hydrogens (tertiary/aromatic N) is 2. The van der Waals surface area contributed by atoms with Crippen molar-refractivity contribution in [3.05, 3.63) is 47.0 Å². The zero-order chi connectivity index (χ0) is 14.8. The van der Waals surface area contributed by atoms with E-state index in [-0.39, 0.29) is 12.7 Å². The molecule has 0 saturated carbocycles. The smallest absolute Gasteiger partial charge is 0.270 e. The summed E-state index contributed by atoms with van der Waals surface area (Å²) >= 11 is 0. The molecule has 1 aromatic carbocycles. The highest BCUT2D eigenvalue weighted by Crippen LogP contribution is 2.32. The summed E-state index contributed by atoms with van der Waals surface area (Å²) in [4.78, 5) is 20.4. The predicted octanol–water partition coefficient (Wildman–Crippen LogP) is 1.75. The van der Waals surface area contributed by atoms with Crippen LogP contribution in [-0.2, 0) is 6.54 Å². The van der Waals surface area contributed by atoms with Crippen molar-refractivity contribution in [2.45, 2.75) is 20.4 Å². The highest BCUT2D eigenvalue weighted by atomic mass is 16.7. The molecule has 0 bridgehead atoms.